The number of hydrogen-bond acceptors (Lipinski definition) is 9. The molecular weight excluding hydrogens is 613 g/mol. The van der Waals surface area contributed by atoms with E-state index in [-0.39, 0.29) is 26.0 Å². The molecule has 272 valence electrons. The lowest BCUT2D eigenvalue weighted by molar-refractivity contribution is -0.220. The number of ether oxygens (including phenoxy) is 2. The molecule has 0 fully saturated rings. The first kappa shape index (κ1) is 44.5. The van der Waals surface area contributed by atoms with Crippen LogP contribution in [0.1, 0.15) is 168 Å². The largest absolute Gasteiger partial charge is 0.756 e. The minimum atomic E-state index is -5.12. The maximum absolute atomic E-state index is 12.5. The number of phosphoric ester groups is 1. The topological polar surface area (TPSA) is 172 Å². The number of esters is 2. The molecule has 0 saturated heterocycles. The summed E-state index contributed by atoms with van der Waals surface area (Å²) in [6, 6.07) is -1.51. The van der Waals surface area contributed by atoms with Gasteiger partial charge in [-0.25, -0.2) is 0 Å². The number of unbranched alkanes of at least 4 members (excludes halogenated alkanes) is 20. The van der Waals surface area contributed by atoms with Crippen LogP contribution in [0.5, 0.6) is 0 Å². The highest BCUT2D eigenvalue weighted by Crippen LogP contribution is 2.30. The average Bonchev–Trinajstić information content (AvgIpc) is 3.00. The number of carbonyl (C=O) groups excluding carboxylic acids is 2. The van der Waals surface area contributed by atoms with Crippen molar-refractivity contribution < 1.29 is 47.8 Å². The number of phosphoric acid groups is 1. The van der Waals surface area contributed by atoms with Crippen molar-refractivity contribution in [3.8, 4) is 0 Å². The molecule has 0 heterocycles. The molecule has 0 rings (SSSR count). The van der Waals surface area contributed by atoms with E-state index in [4.69, 9.17) is 14.4 Å². The van der Waals surface area contributed by atoms with Gasteiger partial charge in [0.25, 0.3) is 7.82 Å². The smallest absolute Gasteiger partial charge is 0.323 e. The summed E-state index contributed by atoms with van der Waals surface area (Å²) in [6.07, 6.45) is 24.8. The average molecular weight is 679 g/mol. The molecule has 0 spiro atoms. The van der Waals surface area contributed by atoms with E-state index >= 15 is 0 Å². The van der Waals surface area contributed by atoms with Gasteiger partial charge >= 0.3 is 17.9 Å². The van der Waals surface area contributed by atoms with Gasteiger partial charge in [0, 0.05) is 19.4 Å². The van der Waals surface area contributed by atoms with Gasteiger partial charge in [0.05, 0.1) is 6.61 Å². The molecule has 3 N–H and O–H groups in total. The van der Waals surface area contributed by atoms with E-state index in [1.807, 2.05) is 0 Å². The Hall–Kier alpha value is -1.52. The van der Waals surface area contributed by atoms with Crippen LogP contribution in [0.4, 0.5) is 0 Å². The minimum absolute atomic E-state index is 0.190. The lowest BCUT2D eigenvalue weighted by Crippen LogP contribution is -2.46. The molecule has 0 saturated carbocycles. The number of rotatable bonds is 34. The first-order valence-corrected chi connectivity index (χ1v) is 19.6. The van der Waals surface area contributed by atoms with Gasteiger partial charge in [0.15, 0.2) is 0 Å². The molecule has 0 aliphatic rings. The summed E-state index contributed by atoms with van der Waals surface area (Å²) in [6.45, 7) is 3.09. The minimum Gasteiger partial charge on any atom is -0.756 e. The van der Waals surface area contributed by atoms with Gasteiger partial charge in [0.1, 0.15) is 18.8 Å². The number of nitrogens with one attached hydrogen (secondary N) is 1. The zero-order valence-electron chi connectivity index (χ0n) is 28.9. The fourth-order valence-corrected chi connectivity index (χ4v) is 5.50. The summed E-state index contributed by atoms with van der Waals surface area (Å²) in [4.78, 5) is 56.1. The molecule has 3 atom stereocenters. The van der Waals surface area contributed by atoms with E-state index < -0.39 is 44.5 Å². The normalized spacial score (nSPS) is 14.0. The second-order valence-electron chi connectivity index (χ2n) is 12.4. The van der Waals surface area contributed by atoms with Crippen LogP contribution in [0.25, 0.3) is 0 Å². The molecule has 2 unspecified atom stereocenters. The van der Waals surface area contributed by atoms with Crippen LogP contribution >= 0.6 is 7.82 Å². The Morgan fingerprint density at radius 3 is 1.43 bits per heavy atom. The molecule has 0 bridgehead atoms. The van der Waals surface area contributed by atoms with E-state index in [0.29, 0.717) is 12.8 Å². The van der Waals surface area contributed by atoms with Crippen molar-refractivity contribution in [2.45, 2.75) is 180 Å². The van der Waals surface area contributed by atoms with Crippen LogP contribution in [0.3, 0.4) is 0 Å². The monoisotopic (exact) mass is 678 g/mol. The Bertz CT molecular complexity index is 807. The quantitative estimate of drug-likeness (QED) is 0.0353. The Kier molecular flexibility index (Phi) is 29.8. The maximum Gasteiger partial charge on any atom is 0.323 e. The van der Waals surface area contributed by atoms with Crippen LogP contribution in [0.15, 0.2) is 0 Å². The van der Waals surface area contributed by atoms with E-state index in [2.05, 4.69) is 23.7 Å². The Labute approximate surface area is 278 Å². The Balaban J connectivity index is 4.50. The third-order valence-corrected chi connectivity index (χ3v) is 8.47. The van der Waals surface area contributed by atoms with Crippen LogP contribution in [0.2, 0.25) is 0 Å². The summed E-state index contributed by atoms with van der Waals surface area (Å²) in [7, 11) is -5.12. The predicted molar refractivity (Wildman–Crippen MR) is 178 cm³/mol. The van der Waals surface area contributed by atoms with Crippen molar-refractivity contribution in [3.63, 3.8) is 0 Å². The maximum atomic E-state index is 12.5. The first-order valence-electron chi connectivity index (χ1n) is 18.1. The van der Waals surface area contributed by atoms with Crippen molar-refractivity contribution in [1.29, 1.82) is 0 Å². The van der Waals surface area contributed by atoms with Gasteiger partial charge < -0.3 is 28.9 Å². The van der Waals surface area contributed by atoms with E-state index in [0.717, 1.165) is 38.5 Å². The summed E-state index contributed by atoms with van der Waals surface area (Å²) >= 11 is 0. The lowest BCUT2D eigenvalue weighted by Gasteiger charge is -2.23. The third kappa shape index (κ3) is 31.1. The van der Waals surface area contributed by atoms with Gasteiger partial charge in [-0.3, -0.25) is 24.3 Å². The Morgan fingerprint density at radius 2 is 1.04 bits per heavy atom. The van der Waals surface area contributed by atoms with Crippen LogP contribution in [-0.2, 0) is 32.9 Å². The van der Waals surface area contributed by atoms with E-state index in [1.165, 1.54) is 89.9 Å². The molecule has 46 heavy (non-hydrogen) atoms. The zero-order valence-corrected chi connectivity index (χ0v) is 29.7. The second-order valence-corrected chi connectivity index (χ2v) is 13.6. The molecule has 0 aromatic heterocycles. The number of aliphatic carboxylic acids is 1. The van der Waals surface area contributed by atoms with Gasteiger partial charge in [0.2, 0.25) is 0 Å². The third-order valence-electron chi connectivity index (χ3n) is 7.99. The zero-order chi connectivity index (χ0) is 34.3. The fraction of sp³-hybridized carbons (Fsp3) is 0.912. The van der Waals surface area contributed by atoms with Crippen LogP contribution in [-0.4, -0.2) is 59.8 Å². The van der Waals surface area contributed by atoms with Crippen LogP contribution in [0, 0.1) is 0 Å². The van der Waals surface area contributed by atoms with Crippen molar-refractivity contribution >= 4 is 25.7 Å². The predicted octanol–water partition coefficient (Wildman–Crippen LogP) is 7.36. The fourth-order valence-electron chi connectivity index (χ4n) is 5.16. The highest BCUT2D eigenvalue weighted by Gasteiger charge is 2.23. The number of carbonyl (C=O) groups is 3. The number of hydrogen-bond donors (Lipinski definition) is 3. The summed E-state index contributed by atoms with van der Waals surface area (Å²) in [5.74, 6) is -2.33. The molecule has 0 amide bonds. The van der Waals surface area contributed by atoms with Gasteiger partial charge in [-0.1, -0.05) is 142 Å². The molecule has 11 nitrogen and oxygen atoms in total. The molecule has 0 aliphatic carbocycles. The molecule has 12 heteroatoms. The molecule has 0 aromatic carbocycles. The van der Waals surface area contributed by atoms with Crippen molar-refractivity contribution in [3.05, 3.63) is 0 Å². The Morgan fingerprint density at radius 1 is 0.652 bits per heavy atom. The van der Waals surface area contributed by atoms with Crippen molar-refractivity contribution in [1.82, 2.24) is 5.32 Å². The van der Waals surface area contributed by atoms with Gasteiger partial charge in [-0.05, 0) is 12.8 Å². The first-order chi connectivity index (χ1) is 22.1. The molecule has 0 aromatic rings. The standard InChI is InChI=1S/C34H66NO10P/c1-3-5-7-9-11-13-15-17-19-21-23-25-32(36)43-28-30(27-35-31(34(38)39)29-44-46(40,41)42)45-33(37)26-24-22-20-18-16-14-12-10-8-6-4-2/h30-31,35H,3-29H2,1-2H3,(H,38,39)(H2,40,41,42)/p-1/t30?,31-/m0/s1. The SMILES string of the molecule is CCCCCCCCCCCCCC(=O)OCC(CN[C@@H](COP(=O)([O-])O)C(=O)O)OC(=O)CCCCCCCCCCCCC. The summed E-state index contributed by atoms with van der Waals surface area (Å²) in [5.41, 5.74) is 0. The number of carboxylic acid groups (broad SMARTS) is 1. The second kappa shape index (κ2) is 30.8. The number of carboxylic acids is 1. The van der Waals surface area contributed by atoms with Crippen LogP contribution < -0.4 is 10.2 Å². The summed E-state index contributed by atoms with van der Waals surface area (Å²) in [5, 5.41) is 11.9. The highest BCUT2D eigenvalue weighted by atomic mass is 31.2. The summed E-state index contributed by atoms with van der Waals surface area (Å²) < 4.78 is 26.0. The van der Waals surface area contributed by atoms with E-state index in [1.54, 1.807) is 0 Å². The van der Waals surface area contributed by atoms with Gasteiger partial charge in [-0.15, -0.1) is 0 Å². The molecule has 0 radical (unpaired) electrons. The van der Waals surface area contributed by atoms with Crippen molar-refractivity contribution in [2.24, 2.45) is 0 Å². The molecular formula is C34H65NO10P-. The van der Waals surface area contributed by atoms with Gasteiger partial charge in [-0.2, -0.15) is 0 Å². The lowest BCUT2D eigenvalue weighted by atomic mass is 10.1. The highest BCUT2D eigenvalue weighted by molar-refractivity contribution is 7.44. The van der Waals surface area contributed by atoms with E-state index in [9.17, 15) is 28.9 Å². The van der Waals surface area contributed by atoms with Crippen molar-refractivity contribution in [2.75, 3.05) is 19.8 Å². The molecule has 0 aliphatic heterocycles.